The van der Waals surface area contributed by atoms with E-state index in [9.17, 15) is 24.3 Å². The first-order valence-corrected chi connectivity index (χ1v) is 12.3. The van der Waals surface area contributed by atoms with Crippen molar-refractivity contribution in [3.8, 4) is 0 Å². The molecule has 2 aliphatic carbocycles. The molecule has 0 saturated heterocycles. The fourth-order valence-electron chi connectivity index (χ4n) is 4.44. The molecular weight excluding hydrogens is 452 g/mol. The van der Waals surface area contributed by atoms with Gasteiger partial charge in [-0.3, -0.25) is 9.59 Å². The molecule has 33 heavy (non-hydrogen) atoms. The van der Waals surface area contributed by atoms with Gasteiger partial charge in [0.05, 0.1) is 24.9 Å². The van der Waals surface area contributed by atoms with E-state index >= 15 is 0 Å². The Morgan fingerprint density at radius 2 is 1.97 bits per heavy atom. The van der Waals surface area contributed by atoms with Crippen LogP contribution < -0.4 is 10.6 Å². The van der Waals surface area contributed by atoms with Gasteiger partial charge in [0.25, 0.3) is 0 Å². The number of hydrogen-bond donors (Lipinski definition) is 3. The SMILES string of the molecule is C=COC(=O)[C@H]1[C@H]2[C@@H]1C(NC(=O)[C@H](CCSC)NC(=O)OC(C)(C)C)(C(=O)OCC)C[C@@H]2O. The maximum atomic E-state index is 13.3. The van der Waals surface area contributed by atoms with Crippen molar-refractivity contribution in [2.45, 2.75) is 63.8 Å². The molecule has 0 spiro atoms. The van der Waals surface area contributed by atoms with Gasteiger partial charge in [0.1, 0.15) is 17.2 Å². The van der Waals surface area contributed by atoms with E-state index in [4.69, 9.17) is 14.2 Å². The quantitative estimate of drug-likeness (QED) is 0.237. The van der Waals surface area contributed by atoms with Gasteiger partial charge < -0.3 is 30.0 Å². The highest BCUT2D eigenvalue weighted by molar-refractivity contribution is 7.98. The van der Waals surface area contributed by atoms with Gasteiger partial charge in [0.15, 0.2) is 0 Å². The summed E-state index contributed by atoms with van der Waals surface area (Å²) in [6, 6.07) is -0.993. The maximum Gasteiger partial charge on any atom is 0.408 e. The summed E-state index contributed by atoms with van der Waals surface area (Å²) < 4.78 is 15.3. The number of aliphatic hydroxyl groups excluding tert-OH is 1. The molecule has 2 aliphatic rings. The number of ether oxygens (including phenoxy) is 3. The van der Waals surface area contributed by atoms with Crippen LogP contribution in [-0.4, -0.2) is 70.9 Å². The molecule has 10 nitrogen and oxygen atoms in total. The molecule has 6 atom stereocenters. The minimum atomic E-state index is -1.62. The van der Waals surface area contributed by atoms with Gasteiger partial charge in [-0.05, 0) is 46.1 Å². The van der Waals surface area contributed by atoms with E-state index in [1.807, 2.05) is 6.26 Å². The second-order valence-corrected chi connectivity index (χ2v) is 10.2. The van der Waals surface area contributed by atoms with Gasteiger partial charge in [-0.15, -0.1) is 0 Å². The normalized spacial score (nSPS) is 28.7. The van der Waals surface area contributed by atoms with Crippen LogP contribution in [0.1, 0.15) is 40.5 Å². The molecule has 0 aromatic rings. The number of hydrogen-bond acceptors (Lipinski definition) is 9. The van der Waals surface area contributed by atoms with Crippen LogP contribution >= 0.6 is 11.8 Å². The largest absolute Gasteiger partial charge is 0.464 e. The zero-order valence-electron chi connectivity index (χ0n) is 19.7. The third-order valence-corrected chi connectivity index (χ3v) is 6.34. The van der Waals surface area contributed by atoms with Crippen molar-refractivity contribution in [1.82, 2.24) is 10.6 Å². The summed E-state index contributed by atoms with van der Waals surface area (Å²) in [5.41, 5.74) is -2.37. The number of amides is 2. The Kier molecular flexibility index (Phi) is 8.81. The highest BCUT2D eigenvalue weighted by atomic mass is 32.2. The van der Waals surface area contributed by atoms with Crippen molar-refractivity contribution in [3.63, 3.8) is 0 Å². The van der Waals surface area contributed by atoms with E-state index in [-0.39, 0.29) is 19.4 Å². The van der Waals surface area contributed by atoms with Crippen LogP contribution in [0.2, 0.25) is 0 Å². The van der Waals surface area contributed by atoms with Crippen molar-refractivity contribution in [1.29, 1.82) is 0 Å². The fourth-order valence-corrected chi connectivity index (χ4v) is 4.91. The van der Waals surface area contributed by atoms with Crippen molar-refractivity contribution in [2.75, 3.05) is 18.6 Å². The number of carbonyl (C=O) groups excluding carboxylic acids is 4. The number of nitrogens with one attached hydrogen (secondary N) is 2. The predicted octanol–water partition coefficient (Wildman–Crippen LogP) is 1.36. The summed E-state index contributed by atoms with van der Waals surface area (Å²) in [4.78, 5) is 50.9. The lowest BCUT2D eigenvalue weighted by atomic mass is 9.88. The van der Waals surface area contributed by atoms with Gasteiger partial charge in [-0.1, -0.05) is 6.58 Å². The second-order valence-electron chi connectivity index (χ2n) is 9.17. The highest BCUT2D eigenvalue weighted by Crippen LogP contribution is 2.63. The van der Waals surface area contributed by atoms with Crippen LogP contribution in [0, 0.1) is 17.8 Å². The number of carbonyl (C=O) groups is 4. The summed E-state index contributed by atoms with van der Waals surface area (Å²) >= 11 is 1.49. The minimum absolute atomic E-state index is 0.0533. The van der Waals surface area contributed by atoms with E-state index in [0.29, 0.717) is 5.75 Å². The Balaban J connectivity index is 2.28. The zero-order chi connectivity index (χ0) is 25.0. The molecule has 0 radical (unpaired) electrons. The minimum Gasteiger partial charge on any atom is -0.464 e. The third kappa shape index (κ3) is 6.20. The van der Waals surface area contributed by atoms with Gasteiger partial charge in [-0.25, -0.2) is 9.59 Å². The van der Waals surface area contributed by atoms with Crippen molar-refractivity contribution in [2.24, 2.45) is 17.8 Å². The first kappa shape index (κ1) is 27.0. The highest BCUT2D eigenvalue weighted by Gasteiger charge is 2.76. The molecule has 2 rings (SSSR count). The summed E-state index contributed by atoms with van der Waals surface area (Å²) in [6.07, 6.45) is 1.25. The molecule has 2 saturated carbocycles. The van der Waals surface area contributed by atoms with Crippen molar-refractivity contribution in [3.05, 3.63) is 12.8 Å². The van der Waals surface area contributed by atoms with Crippen molar-refractivity contribution >= 4 is 35.7 Å². The Morgan fingerprint density at radius 1 is 1.30 bits per heavy atom. The van der Waals surface area contributed by atoms with E-state index in [1.54, 1.807) is 27.7 Å². The molecule has 0 aromatic carbocycles. The predicted molar refractivity (Wildman–Crippen MR) is 121 cm³/mol. The number of esters is 2. The number of rotatable bonds is 10. The van der Waals surface area contributed by atoms with Gasteiger partial charge in [0.2, 0.25) is 5.91 Å². The first-order chi connectivity index (χ1) is 15.4. The molecule has 2 amide bonds. The Morgan fingerprint density at radius 3 is 2.52 bits per heavy atom. The number of fused-ring (bicyclic) bond motifs is 1. The first-order valence-electron chi connectivity index (χ1n) is 10.9. The summed E-state index contributed by atoms with van der Waals surface area (Å²) in [7, 11) is 0. The molecule has 0 heterocycles. The standard InChI is InChI=1S/C22H34N2O8S/c1-7-30-18(27)15-14-13(25)11-22(16(14)15,19(28)31-8-2)24-17(26)12(9-10-33-6)23-20(29)32-21(3,4)5/h7,12-16,25H,1,8-11H2,2-6H3,(H,23,29)(H,24,26)/t12-,13-,14-,15-,16-,22?/m0/s1. The van der Waals surface area contributed by atoms with Crippen molar-refractivity contribution < 1.29 is 38.5 Å². The lowest BCUT2D eigenvalue weighted by Crippen LogP contribution is -2.61. The van der Waals surface area contributed by atoms with Gasteiger partial charge in [-0.2, -0.15) is 11.8 Å². The lowest BCUT2D eigenvalue weighted by molar-refractivity contribution is -0.156. The average Bonchev–Trinajstić information content (AvgIpc) is 3.39. The Labute approximate surface area is 198 Å². The topological polar surface area (TPSA) is 140 Å². The molecule has 1 unspecified atom stereocenters. The van der Waals surface area contributed by atoms with E-state index < -0.39 is 65.0 Å². The monoisotopic (exact) mass is 486 g/mol. The number of aliphatic hydroxyl groups is 1. The average molecular weight is 487 g/mol. The number of alkyl carbamates (subject to hydrolysis) is 1. The van der Waals surface area contributed by atoms with Crippen LogP contribution in [0.25, 0.3) is 0 Å². The second kappa shape index (κ2) is 10.8. The van der Waals surface area contributed by atoms with Crippen LogP contribution in [0.4, 0.5) is 4.79 Å². The Hall–Kier alpha value is -2.27. The molecule has 11 heteroatoms. The smallest absolute Gasteiger partial charge is 0.408 e. The van der Waals surface area contributed by atoms with Gasteiger partial charge in [0, 0.05) is 18.3 Å². The molecule has 0 aliphatic heterocycles. The maximum absolute atomic E-state index is 13.3. The number of thioether (sulfide) groups is 1. The summed E-state index contributed by atoms with van der Waals surface area (Å²) in [5.74, 6) is -3.45. The van der Waals surface area contributed by atoms with E-state index in [1.165, 1.54) is 11.8 Å². The van der Waals surface area contributed by atoms with Crippen LogP contribution in [0.3, 0.4) is 0 Å². The molecule has 2 fully saturated rings. The molecular formula is C22H34N2O8S. The molecule has 3 N–H and O–H groups in total. The lowest BCUT2D eigenvalue weighted by Gasteiger charge is -2.33. The zero-order valence-corrected chi connectivity index (χ0v) is 20.5. The van der Waals surface area contributed by atoms with Gasteiger partial charge >= 0.3 is 18.0 Å². The van der Waals surface area contributed by atoms with E-state index in [0.717, 1.165) is 6.26 Å². The van der Waals surface area contributed by atoms with Crippen LogP contribution in [-0.2, 0) is 28.6 Å². The van der Waals surface area contributed by atoms with Crippen LogP contribution in [0.15, 0.2) is 12.8 Å². The summed E-state index contributed by atoms with van der Waals surface area (Å²) in [6.45, 7) is 10.1. The van der Waals surface area contributed by atoms with Crippen LogP contribution in [0.5, 0.6) is 0 Å². The fraction of sp³-hybridized carbons (Fsp3) is 0.727. The molecule has 186 valence electrons. The van der Waals surface area contributed by atoms with E-state index in [2.05, 4.69) is 17.2 Å². The summed E-state index contributed by atoms with van der Waals surface area (Å²) in [5, 5.41) is 15.8. The molecule has 0 aromatic heterocycles. The third-order valence-electron chi connectivity index (χ3n) is 5.70. The Bertz CT molecular complexity index is 783. The molecule has 0 bridgehead atoms.